The molecular formula is C17H26BNO4. The van der Waals surface area contributed by atoms with Crippen molar-refractivity contribution in [3.05, 3.63) is 29.2 Å². The Bertz CT molecular complexity index is 560. The summed E-state index contributed by atoms with van der Waals surface area (Å²) in [6.07, 6.45) is 1.97. The lowest BCUT2D eigenvalue weighted by atomic mass is 9.77. The third kappa shape index (κ3) is 3.71. The summed E-state index contributed by atoms with van der Waals surface area (Å²) >= 11 is 0. The van der Waals surface area contributed by atoms with Crippen LogP contribution in [0.3, 0.4) is 0 Å². The Morgan fingerprint density at radius 1 is 1.04 bits per heavy atom. The van der Waals surface area contributed by atoms with Crippen molar-refractivity contribution in [3.63, 3.8) is 0 Å². The van der Waals surface area contributed by atoms with Crippen molar-refractivity contribution in [1.82, 2.24) is 0 Å². The summed E-state index contributed by atoms with van der Waals surface area (Å²) in [5.41, 5.74) is 6.95. The van der Waals surface area contributed by atoms with Gasteiger partial charge in [0.2, 0.25) is 0 Å². The molecule has 1 aliphatic heterocycles. The van der Waals surface area contributed by atoms with Gasteiger partial charge in [-0.1, -0.05) is 6.08 Å². The van der Waals surface area contributed by atoms with E-state index in [-0.39, 0.29) is 0 Å². The lowest BCUT2D eigenvalue weighted by Crippen LogP contribution is -2.41. The summed E-state index contributed by atoms with van der Waals surface area (Å²) in [6, 6.07) is 5.67. The maximum absolute atomic E-state index is 6.07. The maximum Gasteiger partial charge on any atom is 0.491 e. The van der Waals surface area contributed by atoms with E-state index in [1.165, 1.54) is 0 Å². The molecule has 1 aliphatic rings. The van der Waals surface area contributed by atoms with E-state index in [1.54, 1.807) is 14.2 Å². The molecule has 1 aromatic carbocycles. The van der Waals surface area contributed by atoms with Crippen LogP contribution in [0.25, 0.3) is 6.08 Å². The van der Waals surface area contributed by atoms with Gasteiger partial charge in [0.25, 0.3) is 0 Å². The van der Waals surface area contributed by atoms with Gasteiger partial charge in [0, 0.05) is 12.6 Å². The SMILES string of the molecule is COc1cc(C=C(CN)B2OC(C)(C)C(C)(C)O2)cc(OC)c1. The van der Waals surface area contributed by atoms with Gasteiger partial charge in [-0.15, -0.1) is 0 Å². The molecule has 0 saturated carbocycles. The first-order valence-corrected chi connectivity index (χ1v) is 7.71. The first kappa shape index (κ1) is 17.9. The molecule has 23 heavy (non-hydrogen) atoms. The largest absolute Gasteiger partial charge is 0.497 e. The van der Waals surface area contributed by atoms with E-state index in [0.717, 1.165) is 22.5 Å². The zero-order valence-corrected chi connectivity index (χ0v) is 14.8. The van der Waals surface area contributed by atoms with E-state index in [1.807, 2.05) is 52.0 Å². The molecule has 5 nitrogen and oxygen atoms in total. The van der Waals surface area contributed by atoms with E-state index in [4.69, 9.17) is 24.5 Å². The molecule has 0 amide bonds. The van der Waals surface area contributed by atoms with E-state index >= 15 is 0 Å². The molecule has 126 valence electrons. The monoisotopic (exact) mass is 319 g/mol. The summed E-state index contributed by atoms with van der Waals surface area (Å²) in [5.74, 6) is 1.45. The number of nitrogens with two attached hydrogens (primary N) is 1. The van der Waals surface area contributed by atoms with Gasteiger partial charge in [-0.2, -0.15) is 0 Å². The summed E-state index contributed by atoms with van der Waals surface area (Å²) in [5, 5.41) is 0. The molecule has 0 unspecified atom stereocenters. The first-order valence-electron chi connectivity index (χ1n) is 7.71. The number of rotatable bonds is 5. The lowest BCUT2D eigenvalue weighted by Gasteiger charge is -2.32. The zero-order chi connectivity index (χ0) is 17.3. The van der Waals surface area contributed by atoms with Gasteiger partial charge in [-0.05, 0) is 50.9 Å². The molecule has 0 spiro atoms. The van der Waals surface area contributed by atoms with Crippen molar-refractivity contribution >= 4 is 13.2 Å². The van der Waals surface area contributed by atoms with E-state index in [0.29, 0.717) is 6.54 Å². The number of hydrogen-bond donors (Lipinski definition) is 1. The van der Waals surface area contributed by atoms with Gasteiger partial charge < -0.3 is 24.5 Å². The molecule has 0 atom stereocenters. The topological polar surface area (TPSA) is 62.9 Å². The highest BCUT2D eigenvalue weighted by molar-refractivity contribution is 6.55. The fourth-order valence-electron chi connectivity index (χ4n) is 2.34. The van der Waals surface area contributed by atoms with Crippen LogP contribution in [0.1, 0.15) is 33.3 Å². The second-order valence-corrected chi connectivity index (χ2v) is 6.66. The minimum atomic E-state index is -0.456. The highest BCUT2D eigenvalue weighted by Gasteiger charge is 2.52. The highest BCUT2D eigenvalue weighted by atomic mass is 16.7. The number of methoxy groups -OCH3 is 2. The average molecular weight is 319 g/mol. The van der Waals surface area contributed by atoms with Crippen LogP contribution in [0.5, 0.6) is 11.5 Å². The third-order valence-corrected chi connectivity index (χ3v) is 4.52. The van der Waals surface area contributed by atoms with Crippen LogP contribution in [-0.2, 0) is 9.31 Å². The lowest BCUT2D eigenvalue weighted by molar-refractivity contribution is 0.00578. The predicted molar refractivity (Wildman–Crippen MR) is 92.7 cm³/mol. The fourth-order valence-corrected chi connectivity index (χ4v) is 2.34. The van der Waals surface area contributed by atoms with Gasteiger partial charge in [0.1, 0.15) is 11.5 Å². The van der Waals surface area contributed by atoms with Crippen LogP contribution in [0.2, 0.25) is 0 Å². The Kier molecular flexibility index (Phi) is 5.09. The van der Waals surface area contributed by atoms with Gasteiger partial charge in [0.05, 0.1) is 25.4 Å². The Balaban J connectivity index is 2.33. The quantitative estimate of drug-likeness (QED) is 0.846. The van der Waals surface area contributed by atoms with Crippen LogP contribution >= 0.6 is 0 Å². The number of ether oxygens (including phenoxy) is 2. The Labute approximate surface area is 138 Å². The minimum Gasteiger partial charge on any atom is -0.497 e. The minimum absolute atomic E-state index is 0.344. The zero-order valence-electron chi connectivity index (χ0n) is 14.8. The van der Waals surface area contributed by atoms with Crippen molar-refractivity contribution < 1.29 is 18.8 Å². The molecule has 1 heterocycles. The van der Waals surface area contributed by atoms with E-state index < -0.39 is 18.3 Å². The van der Waals surface area contributed by atoms with Crippen LogP contribution in [0.15, 0.2) is 23.7 Å². The number of hydrogen-bond acceptors (Lipinski definition) is 5. The molecule has 1 aromatic rings. The van der Waals surface area contributed by atoms with Gasteiger partial charge >= 0.3 is 7.12 Å². The second-order valence-electron chi connectivity index (χ2n) is 6.66. The Hall–Kier alpha value is -1.50. The van der Waals surface area contributed by atoms with Crippen LogP contribution < -0.4 is 15.2 Å². The first-order chi connectivity index (χ1) is 10.7. The van der Waals surface area contributed by atoms with Crippen LogP contribution in [0, 0.1) is 0 Å². The number of benzene rings is 1. The second kappa shape index (κ2) is 6.55. The van der Waals surface area contributed by atoms with Crippen molar-refractivity contribution in [2.24, 2.45) is 5.73 Å². The fraction of sp³-hybridized carbons (Fsp3) is 0.529. The molecular weight excluding hydrogens is 293 g/mol. The molecule has 0 radical (unpaired) electrons. The third-order valence-electron chi connectivity index (χ3n) is 4.52. The van der Waals surface area contributed by atoms with E-state index in [2.05, 4.69) is 0 Å². The summed E-state index contributed by atoms with van der Waals surface area (Å²) < 4.78 is 22.7. The Morgan fingerprint density at radius 3 is 1.91 bits per heavy atom. The van der Waals surface area contributed by atoms with Crippen molar-refractivity contribution in [1.29, 1.82) is 0 Å². The smallest absolute Gasteiger partial charge is 0.491 e. The van der Waals surface area contributed by atoms with Crippen molar-refractivity contribution in [2.45, 2.75) is 38.9 Å². The predicted octanol–water partition coefficient (Wildman–Crippen LogP) is 2.68. The summed E-state index contributed by atoms with van der Waals surface area (Å²) in [7, 11) is 2.79. The van der Waals surface area contributed by atoms with E-state index in [9.17, 15) is 0 Å². The molecule has 0 aromatic heterocycles. The van der Waals surface area contributed by atoms with Crippen LogP contribution in [0.4, 0.5) is 0 Å². The normalized spacial score (nSPS) is 19.8. The van der Waals surface area contributed by atoms with Crippen molar-refractivity contribution in [3.8, 4) is 11.5 Å². The van der Waals surface area contributed by atoms with Crippen LogP contribution in [-0.4, -0.2) is 39.1 Å². The molecule has 0 aliphatic carbocycles. The molecule has 0 bridgehead atoms. The Morgan fingerprint density at radius 2 is 1.52 bits per heavy atom. The highest BCUT2D eigenvalue weighted by Crippen LogP contribution is 2.38. The maximum atomic E-state index is 6.07. The molecule has 2 rings (SSSR count). The molecule has 1 saturated heterocycles. The van der Waals surface area contributed by atoms with Gasteiger partial charge in [0.15, 0.2) is 0 Å². The van der Waals surface area contributed by atoms with Gasteiger partial charge in [-0.3, -0.25) is 0 Å². The summed E-state index contributed by atoms with van der Waals surface area (Å²) in [4.78, 5) is 0. The molecule has 1 fully saturated rings. The summed E-state index contributed by atoms with van der Waals surface area (Å²) in [6.45, 7) is 8.44. The van der Waals surface area contributed by atoms with Crippen molar-refractivity contribution in [2.75, 3.05) is 20.8 Å². The molecule has 2 N–H and O–H groups in total. The average Bonchev–Trinajstić information content (AvgIpc) is 2.72. The van der Waals surface area contributed by atoms with Gasteiger partial charge in [-0.25, -0.2) is 0 Å². The standard InChI is InChI=1S/C17H26BNO4/c1-16(2)17(3,4)23-18(22-16)13(11-19)7-12-8-14(20-5)10-15(9-12)21-6/h7-10H,11,19H2,1-6H3. The molecule has 6 heteroatoms.